The van der Waals surface area contributed by atoms with Crippen molar-refractivity contribution < 1.29 is 4.74 Å². The van der Waals surface area contributed by atoms with Crippen molar-refractivity contribution >= 4 is 11.6 Å². The molecule has 0 amide bonds. The molecule has 4 nitrogen and oxygen atoms in total. The number of benzene rings is 1. The van der Waals surface area contributed by atoms with Gasteiger partial charge in [0.15, 0.2) is 0 Å². The van der Waals surface area contributed by atoms with Crippen LogP contribution in [-0.4, -0.2) is 17.3 Å². The maximum absolute atomic E-state index is 6.07. The zero-order valence-electron chi connectivity index (χ0n) is 9.75. The number of ether oxygens (including phenoxy) is 1. The summed E-state index contributed by atoms with van der Waals surface area (Å²) in [4.78, 5) is 0. The predicted octanol–water partition coefficient (Wildman–Crippen LogP) is 2.51. The number of nitrogens with one attached hydrogen (secondary N) is 1. The van der Waals surface area contributed by atoms with Crippen LogP contribution >= 0.6 is 11.6 Å². The van der Waals surface area contributed by atoms with Gasteiger partial charge >= 0.3 is 0 Å². The largest absolute Gasteiger partial charge is 0.496 e. The van der Waals surface area contributed by atoms with Crippen LogP contribution in [-0.2, 0) is 6.54 Å². The van der Waals surface area contributed by atoms with Crippen LogP contribution in [0.15, 0.2) is 18.3 Å². The van der Waals surface area contributed by atoms with Crippen LogP contribution in [0.4, 0.5) is 0 Å². The topological polar surface area (TPSA) is 63.9 Å². The van der Waals surface area contributed by atoms with E-state index in [0.29, 0.717) is 11.6 Å². The summed E-state index contributed by atoms with van der Waals surface area (Å²) in [5.41, 5.74) is 9.32. The lowest BCUT2D eigenvalue weighted by molar-refractivity contribution is 0.413. The maximum atomic E-state index is 6.07. The number of aromatic amines is 1. The maximum Gasteiger partial charge on any atom is 0.131 e. The van der Waals surface area contributed by atoms with Crippen molar-refractivity contribution in [3.05, 3.63) is 34.5 Å². The average molecular weight is 252 g/mol. The average Bonchev–Trinajstić information content (AvgIpc) is 2.75. The van der Waals surface area contributed by atoms with E-state index in [1.807, 2.05) is 19.1 Å². The van der Waals surface area contributed by atoms with Gasteiger partial charge in [0.2, 0.25) is 0 Å². The molecule has 1 heterocycles. The van der Waals surface area contributed by atoms with Crippen LogP contribution in [0.1, 0.15) is 11.1 Å². The molecule has 0 bridgehead atoms. The van der Waals surface area contributed by atoms with Crippen LogP contribution in [0.25, 0.3) is 11.3 Å². The summed E-state index contributed by atoms with van der Waals surface area (Å²) in [6.45, 7) is 2.37. The number of hydrogen-bond donors (Lipinski definition) is 2. The van der Waals surface area contributed by atoms with E-state index in [9.17, 15) is 0 Å². The number of aryl methyl sites for hydroxylation is 1. The van der Waals surface area contributed by atoms with Gasteiger partial charge in [-0.3, -0.25) is 5.10 Å². The van der Waals surface area contributed by atoms with Gasteiger partial charge in [0, 0.05) is 22.7 Å². The quantitative estimate of drug-likeness (QED) is 0.881. The Morgan fingerprint density at radius 2 is 2.24 bits per heavy atom. The molecule has 0 radical (unpaired) electrons. The molecule has 0 aliphatic rings. The van der Waals surface area contributed by atoms with Gasteiger partial charge in [-0.2, -0.15) is 5.10 Å². The summed E-state index contributed by atoms with van der Waals surface area (Å²) >= 11 is 6.07. The van der Waals surface area contributed by atoms with E-state index in [4.69, 9.17) is 22.1 Å². The lowest BCUT2D eigenvalue weighted by atomic mass is 10.0. The highest BCUT2D eigenvalue weighted by Gasteiger charge is 2.14. The highest BCUT2D eigenvalue weighted by Crippen LogP contribution is 2.35. The van der Waals surface area contributed by atoms with E-state index in [1.165, 1.54) is 0 Å². The van der Waals surface area contributed by atoms with Crippen LogP contribution in [0.5, 0.6) is 5.75 Å². The van der Waals surface area contributed by atoms with Crippen LogP contribution in [0.3, 0.4) is 0 Å². The molecule has 0 saturated heterocycles. The van der Waals surface area contributed by atoms with Crippen molar-refractivity contribution in [1.82, 2.24) is 10.2 Å². The van der Waals surface area contributed by atoms with Gasteiger partial charge in [-0.05, 0) is 24.6 Å². The molecule has 0 saturated carbocycles. The van der Waals surface area contributed by atoms with E-state index in [0.717, 1.165) is 28.1 Å². The molecule has 2 rings (SSSR count). The SMILES string of the molecule is COc1c(C)cc(Cl)cc1-c1[nH]ncc1CN. The zero-order chi connectivity index (χ0) is 12.4. The van der Waals surface area contributed by atoms with E-state index < -0.39 is 0 Å². The Morgan fingerprint density at radius 3 is 2.88 bits per heavy atom. The third-order valence-electron chi connectivity index (χ3n) is 2.65. The van der Waals surface area contributed by atoms with E-state index in [-0.39, 0.29) is 0 Å². The minimum atomic E-state index is 0.417. The Hall–Kier alpha value is -1.52. The molecule has 0 fully saturated rings. The van der Waals surface area contributed by atoms with Gasteiger partial charge in [0.05, 0.1) is 19.0 Å². The summed E-state index contributed by atoms with van der Waals surface area (Å²) in [5, 5.41) is 7.60. The molecule has 0 unspecified atom stereocenters. The standard InChI is InChI=1S/C12H14ClN3O/c1-7-3-9(13)4-10(12(7)17-2)11-8(5-14)6-15-16-11/h3-4,6H,5,14H2,1-2H3,(H,15,16). The number of methoxy groups -OCH3 is 1. The molecule has 0 aliphatic carbocycles. The number of aromatic nitrogens is 2. The third kappa shape index (κ3) is 2.14. The Balaban J connectivity index is 2.66. The van der Waals surface area contributed by atoms with Crippen molar-refractivity contribution in [1.29, 1.82) is 0 Å². The van der Waals surface area contributed by atoms with Gasteiger partial charge < -0.3 is 10.5 Å². The van der Waals surface area contributed by atoms with Crippen LogP contribution in [0, 0.1) is 6.92 Å². The van der Waals surface area contributed by atoms with Gasteiger partial charge in [-0.25, -0.2) is 0 Å². The molecular weight excluding hydrogens is 238 g/mol. The lowest BCUT2D eigenvalue weighted by Gasteiger charge is -2.12. The fraction of sp³-hybridized carbons (Fsp3) is 0.250. The van der Waals surface area contributed by atoms with Gasteiger partial charge in [0.25, 0.3) is 0 Å². The fourth-order valence-corrected chi connectivity index (χ4v) is 2.16. The van der Waals surface area contributed by atoms with Crippen molar-refractivity contribution in [2.24, 2.45) is 5.73 Å². The molecule has 3 N–H and O–H groups in total. The highest BCUT2D eigenvalue weighted by molar-refractivity contribution is 6.31. The molecule has 0 atom stereocenters. The van der Waals surface area contributed by atoms with Crippen molar-refractivity contribution in [3.63, 3.8) is 0 Å². The first-order chi connectivity index (χ1) is 8.17. The summed E-state index contributed by atoms with van der Waals surface area (Å²) in [6.07, 6.45) is 1.71. The smallest absolute Gasteiger partial charge is 0.131 e. The van der Waals surface area contributed by atoms with Gasteiger partial charge in [-0.15, -0.1) is 0 Å². The first-order valence-corrected chi connectivity index (χ1v) is 5.62. The fourth-order valence-electron chi connectivity index (χ4n) is 1.89. The molecule has 0 spiro atoms. The number of nitrogens with zero attached hydrogens (tertiary/aromatic N) is 1. The molecule has 1 aromatic heterocycles. The number of nitrogens with two attached hydrogens (primary N) is 1. The monoisotopic (exact) mass is 251 g/mol. The predicted molar refractivity (Wildman–Crippen MR) is 68.2 cm³/mol. The molecule has 0 aliphatic heterocycles. The summed E-state index contributed by atoms with van der Waals surface area (Å²) in [6, 6.07) is 3.71. The Morgan fingerprint density at radius 1 is 1.47 bits per heavy atom. The van der Waals surface area contributed by atoms with E-state index in [2.05, 4.69) is 10.2 Å². The summed E-state index contributed by atoms with van der Waals surface area (Å²) < 4.78 is 5.41. The number of rotatable bonds is 3. The summed E-state index contributed by atoms with van der Waals surface area (Å²) in [7, 11) is 1.64. The van der Waals surface area contributed by atoms with Gasteiger partial charge in [0.1, 0.15) is 5.75 Å². The normalized spacial score (nSPS) is 10.6. The van der Waals surface area contributed by atoms with Crippen molar-refractivity contribution in [2.75, 3.05) is 7.11 Å². The second kappa shape index (κ2) is 4.77. The molecule has 5 heteroatoms. The van der Waals surface area contributed by atoms with Crippen molar-refractivity contribution in [2.45, 2.75) is 13.5 Å². The minimum absolute atomic E-state index is 0.417. The van der Waals surface area contributed by atoms with Crippen molar-refractivity contribution in [3.8, 4) is 17.0 Å². The number of halogens is 1. The van der Waals surface area contributed by atoms with E-state index >= 15 is 0 Å². The number of hydrogen-bond acceptors (Lipinski definition) is 3. The highest BCUT2D eigenvalue weighted by atomic mass is 35.5. The lowest BCUT2D eigenvalue weighted by Crippen LogP contribution is -1.98. The molecule has 90 valence electrons. The molecule has 2 aromatic rings. The Kier molecular flexibility index (Phi) is 3.36. The van der Waals surface area contributed by atoms with E-state index in [1.54, 1.807) is 13.3 Å². The zero-order valence-corrected chi connectivity index (χ0v) is 10.5. The van der Waals surface area contributed by atoms with Crippen LogP contribution < -0.4 is 10.5 Å². The van der Waals surface area contributed by atoms with Gasteiger partial charge in [-0.1, -0.05) is 11.6 Å². The minimum Gasteiger partial charge on any atom is -0.496 e. The Labute approximate surface area is 105 Å². The summed E-state index contributed by atoms with van der Waals surface area (Å²) in [5.74, 6) is 0.786. The second-order valence-electron chi connectivity index (χ2n) is 3.78. The molecular formula is C12H14ClN3O. The molecule has 17 heavy (non-hydrogen) atoms. The first kappa shape index (κ1) is 12.0. The molecule has 1 aromatic carbocycles. The first-order valence-electron chi connectivity index (χ1n) is 5.24. The van der Waals surface area contributed by atoms with Crippen LogP contribution in [0.2, 0.25) is 5.02 Å². The number of H-pyrrole nitrogens is 1. The Bertz CT molecular complexity index is 537. The third-order valence-corrected chi connectivity index (χ3v) is 2.87. The second-order valence-corrected chi connectivity index (χ2v) is 4.21.